The fraction of sp³-hybridized carbons (Fsp3) is 0.500. The summed E-state index contributed by atoms with van der Waals surface area (Å²) < 4.78 is 12.2. The molecule has 3 aliphatic heterocycles. The Labute approximate surface area is 183 Å². The van der Waals surface area contributed by atoms with Crippen LogP contribution in [0.3, 0.4) is 0 Å². The van der Waals surface area contributed by atoms with Crippen molar-refractivity contribution in [3.63, 3.8) is 0 Å². The predicted molar refractivity (Wildman–Crippen MR) is 118 cm³/mol. The number of carbonyl (C=O) groups excluding carboxylic acids is 1. The highest BCUT2D eigenvalue weighted by Crippen LogP contribution is 2.34. The van der Waals surface area contributed by atoms with Crippen LogP contribution in [0.2, 0.25) is 0 Å². The van der Waals surface area contributed by atoms with E-state index in [1.807, 2.05) is 23.1 Å². The fourth-order valence-electron chi connectivity index (χ4n) is 4.53. The molecule has 1 aromatic carbocycles. The molecule has 5 rings (SSSR count). The van der Waals surface area contributed by atoms with Crippen LogP contribution >= 0.6 is 0 Å². The number of fused-ring (bicyclic) bond motifs is 1. The summed E-state index contributed by atoms with van der Waals surface area (Å²) in [6.45, 7) is 5.93. The van der Waals surface area contributed by atoms with Crippen LogP contribution in [0.15, 0.2) is 36.5 Å². The molecule has 0 aliphatic carbocycles. The van der Waals surface area contributed by atoms with Gasteiger partial charge < -0.3 is 24.6 Å². The van der Waals surface area contributed by atoms with Gasteiger partial charge in [0.15, 0.2) is 0 Å². The Kier molecular flexibility index (Phi) is 5.89. The van der Waals surface area contributed by atoms with Gasteiger partial charge in [-0.25, -0.2) is 0 Å². The minimum Gasteiger partial charge on any atom is -0.464 e. The number of piperidine rings is 1. The lowest BCUT2D eigenvalue weighted by atomic mass is 9.96. The molecular weight excluding hydrogens is 392 g/mol. The highest BCUT2D eigenvalue weighted by molar-refractivity contribution is 5.92. The van der Waals surface area contributed by atoms with Crippen LogP contribution in [-0.4, -0.2) is 73.3 Å². The van der Waals surface area contributed by atoms with Crippen LogP contribution in [0.25, 0.3) is 11.1 Å². The number of amides is 1. The molecule has 2 saturated heterocycles. The average Bonchev–Trinajstić information content (AvgIpc) is 2.84. The highest BCUT2D eigenvalue weighted by atomic mass is 16.7. The van der Waals surface area contributed by atoms with Gasteiger partial charge in [-0.05, 0) is 56.7 Å². The van der Waals surface area contributed by atoms with Gasteiger partial charge in [0.1, 0.15) is 11.4 Å². The van der Waals surface area contributed by atoms with Gasteiger partial charge in [-0.15, -0.1) is 0 Å². The van der Waals surface area contributed by atoms with Crippen molar-refractivity contribution < 1.29 is 14.3 Å². The third kappa shape index (κ3) is 4.44. The molecule has 4 heterocycles. The van der Waals surface area contributed by atoms with E-state index >= 15 is 0 Å². The zero-order chi connectivity index (χ0) is 21.2. The number of carbonyl (C=O) groups is 1. The molecule has 1 amide bonds. The second-order valence-electron chi connectivity index (χ2n) is 8.73. The van der Waals surface area contributed by atoms with E-state index in [9.17, 15) is 4.79 Å². The molecule has 1 aromatic heterocycles. The minimum atomic E-state index is -0.151. The Balaban J connectivity index is 1.26. The third-order valence-electron chi connectivity index (χ3n) is 6.58. The fourth-order valence-corrected chi connectivity index (χ4v) is 4.53. The van der Waals surface area contributed by atoms with E-state index in [0.29, 0.717) is 18.2 Å². The molecule has 2 aromatic rings. The lowest BCUT2D eigenvalue weighted by Gasteiger charge is -2.34. The molecule has 0 radical (unpaired) electrons. The predicted octanol–water partition coefficient (Wildman–Crippen LogP) is 2.37. The first-order chi connectivity index (χ1) is 15.2. The maximum Gasteiger partial charge on any atom is 0.272 e. The third-order valence-corrected chi connectivity index (χ3v) is 6.58. The van der Waals surface area contributed by atoms with Gasteiger partial charge in [-0.2, -0.15) is 0 Å². The molecule has 31 heavy (non-hydrogen) atoms. The molecule has 0 bridgehead atoms. The smallest absolute Gasteiger partial charge is 0.272 e. The van der Waals surface area contributed by atoms with E-state index in [-0.39, 0.29) is 12.2 Å². The summed E-state index contributed by atoms with van der Waals surface area (Å²) in [5, 5.41) is 3.39. The van der Waals surface area contributed by atoms with E-state index in [0.717, 1.165) is 74.6 Å². The number of pyridine rings is 1. The van der Waals surface area contributed by atoms with Crippen LogP contribution < -0.4 is 10.1 Å². The number of nitrogens with one attached hydrogen (secondary N) is 1. The molecule has 0 saturated carbocycles. The van der Waals surface area contributed by atoms with Crippen LogP contribution in [0.4, 0.5) is 0 Å². The Morgan fingerprint density at radius 3 is 2.58 bits per heavy atom. The van der Waals surface area contributed by atoms with Crippen LogP contribution in [0.1, 0.15) is 28.9 Å². The van der Waals surface area contributed by atoms with Crippen molar-refractivity contribution in [3.05, 3.63) is 47.8 Å². The summed E-state index contributed by atoms with van der Waals surface area (Å²) in [6.07, 6.45) is 3.81. The second kappa shape index (κ2) is 8.94. The largest absolute Gasteiger partial charge is 0.464 e. The summed E-state index contributed by atoms with van der Waals surface area (Å²) >= 11 is 0. The van der Waals surface area contributed by atoms with E-state index in [1.54, 1.807) is 6.20 Å². The van der Waals surface area contributed by atoms with Gasteiger partial charge in [0.2, 0.25) is 6.29 Å². The maximum absolute atomic E-state index is 12.7. The number of likely N-dealkylation sites (N-methyl/N-ethyl adjacent to an activating group) is 1. The number of benzene rings is 1. The molecule has 3 aliphatic rings. The van der Waals surface area contributed by atoms with Crippen molar-refractivity contribution in [1.82, 2.24) is 20.1 Å². The zero-order valence-corrected chi connectivity index (χ0v) is 18.0. The van der Waals surface area contributed by atoms with Crippen molar-refractivity contribution in [3.8, 4) is 16.9 Å². The maximum atomic E-state index is 12.7. The monoisotopic (exact) mass is 422 g/mol. The summed E-state index contributed by atoms with van der Waals surface area (Å²) in [6, 6.07) is 10.00. The summed E-state index contributed by atoms with van der Waals surface area (Å²) in [5.41, 5.74) is 3.60. The van der Waals surface area contributed by atoms with Crippen molar-refractivity contribution in [2.75, 3.05) is 46.3 Å². The standard InChI is InChI=1S/C24H30N4O3/c1-27-10-12-28(13-11-27)23(29)21-4-2-19(15-26-21)18-3-5-22-20(14-18)16-30-24(31-22)17-6-8-25-9-7-17/h2-5,14-15,17,24-25H,6-13,16H2,1H3. The normalized spacial score (nSPS) is 22.6. The Bertz CT molecular complexity index is 919. The number of hydrogen-bond donors (Lipinski definition) is 1. The van der Waals surface area contributed by atoms with E-state index in [2.05, 4.69) is 34.4 Å². The molecule has 0 spiro atoms. The van der Waals surface area contributed by atoms with Crippen molar-refractivity contribution >= 4 is 5.91 Å². The quantitative estimate of drug-likeness (QED) is 0.819. The van der Waals surface area contributed by atoms with Gasteiger partial charge in [0, 0.05) is 49.4 Å². The van der Waals surface area contributed by atoms with Gasteiger partial charge in [0.25, 0.3) is 5.91 Å². The Hall–Kier alpha value is -2.48. The van der Waals surface area contributed by atoms with Crippen LogP contribution in [-0.2, 0) is 11.3 Å². The SMILES string of the molecule is CN1CCN(C(=O)c2ccc(-c3ccc4c(c3)COC(C3CCNCC3)O4)cn2)CC1. The average molecular weight is 423 g/mol. The molecule has 164 valence electrons. The van der Waals surface area contributed by atoms with Gasteiger partial charge in [0.05, 0.1) is 6.61 Å². The van der Waals surface area contributed by atoms with E-state index in [4.69, 9.17) is 9.47 Å². The first-order valence-electron chi connectivity index (χ1n) is 11.2. The number of ether oxygens (including phenoxy) is 2. The molecular formula is C24H30N4O3. The highest BCUT2D eigenvalue weighted by Gasteiger charge is 2.30. The first-order valence-corrected chi connectivity index (χ1v) is 11.2. The van der Waals surface area contributed by atoms with E-state index < -0.39 is 0 Å². The van der Waals surface area contributed by atoms with Crippen LogP contribution in [0, 0.1) is 5.92 Å². The number of rotatable bonds is 3. The summed E-state index contributed by atoms with van der Waals surface area (Å²) in [4.78, 5) is 21.3. The molecule has 7 heteroatoms. The van der Waals surface area contributed by atoms with Crippen LogP contribution in [0.5, 0.6) is 5.75 Å². The Morgan fingerprint density at radius 2 is 1.84 bits per heavy atom. The minimum absolute atomic E-state index is 0.0100. The first kappa shape index (κ1) is 20.4. The molecule has 1 unspecified atom stereocenters. The number of nitrogens with zero attached hydrogens (tertiary/aromatic N) is 3. The zero-order valence-electron chi connectivity index (χ0n) is 18.0. The summed E-state index contributed by atoms with van der Waals surface area (Å²) in [5.74, 6) is 1.37. The number of hydrogen-bond acceptors (Lipinski definition) is 6. The lowest BCUT2D eigenvalue weighted by molar-refractivity contribution is -0.145. The number of aromatic nitrogens is 1. The van der Waals surface area contributed by atoms with Crippen molar-refractivity contribution in [2.24, 2.45) is 5.92 Å². The molecule has 1 N–H and O–H groups in total. The summed E-state index contributed by atoms with van der Waals surface area (Å²) in [7, 11) is 2.08. The van der Waals surface area contributed by atoms with Gasteiger partial charge in [-0.3, -0.25) is 9.78 Å². The van der Waals surface area contributed by atoms with Gasteiger partial charge >= 0.3 is 0 Å². The van der Waals surface area contributed by atoms with Gasteiger partial charge in [-0.1, -0.05) is 12.1 Å². The molecule has 7 nitrogen and oxygen atoms in total. The topological polar surface area (TPSA) is 66.9 Å². The number of piperazine rings is 1. The molecule has 1 atom stereocenters. The van der Waals surface area contributed by atoms with E-state index in [1.165, 1.54) is 0 Å². The second-order valence-corrected chi connectivity index (χ2v) is 8.73. The Morgan fingerprint density at radius 1 is 1.06 bits per heavy atom. The molecule has 2 fully saturated rings. The van der Waals surface area contributed by atoms with Crippen molar-refractivity contribution in [2.45, 2.75) is 25.7 Å². The lowest BCUT2D eigenvalue weighted by Crippen LogP contribution is -2.47. The van der Waals surface area contributed by atoms with Crippen molar-refractivity contribution in [1.29, 1.82) is 0 Å².